The third-order valence-corrected chi connectivity index (χ3v) is 4.29. The van der Waals surface area contributed by atoms with Gasteiger partial charge in [-0.15, -0.1) is 0 Å². The minimum atomic E-state index is -0.225. The van der Waals surface area contributed by atoms with Crippen LogP contribution in [0.3, 0.4) is 0 Å². The van der Waals surface area contributed by atoms with Crippen molar-refractivity contribution in [3.63, 3.8) is 0 Å². The number of rotatable bonds is 5. The summed E-state index contributed by atoms with van der Waals surface area (Å²) in [6, 6.07) is 12.7. The third kappa shape index (κ3) is 3.27. The quantitative estimate of drug-likeness (QED) is 0.861. The lowest BCUT2D eigenvalue weighted by Crippen LogP contribution is -2.19. The number of benzene rings is 2. The monoisotopic (exact) mass is 349 g/mol. The average molecular weight is 350 g/mol. The van der Waals surface area contributed by atoms with Gasteiger partial charge in [0.1, 0.15) is 11.6 Å². The SMILES string of the molecule is CNC(c1cccc(OC2CC2)c1)c1c(F)cccc1Br. The van der Waals surface area contributed by atoms with Crippen LogP contribution in [0, 0.1) is 5.82 Å². The molecular formula is C17H17BrFNO. The Balaban J connectivity index is 1.95. The Labute approximate surface area is 132 Å². The van der Waals surface area contributed by atoms with Crippen molar-refractivity contribution < 1.29 is 9.13 Å². The Morgan fingerprint density at radius 1 is 1.24 bits per heavy atom. The molecule has 1 aliphatic rings. The highest BCUT2D eigenvalue weighted by atomic mass is 79.9. The van der Waals surface area contributed by atoms with Crippen LogP contribution in [0.15, 0.2) is 46.9 Å². The highest BCUT2D eigenvalue weighted by Gasteiger charge is 2.24. The van der Waals surface area contributed by atoms with Gasteiger partial charge in [-0.25, -0.2) is 4.39 Å². The van der Waals surface area contributed by atoms with Gasteiger partial charge in [-0.05, 0) is 49.7 Å². The van der Waals surface area contributed by atoms with Gasteiger partial charge in [0.25, 0.3) is 0 Å². The van der Waals surface area contributed by atoms with E-state index < -0.39 is 0 Å². The van der Waals surface area contributed by atoms with Crippen LogP contribution in [0.4, 0.5) is 4.39 Å². The maximum Gasteiger partial charge on any atom is 0.129 e. The van der Waals surface area contributed by atoms with Crippen LogP contribution in [-0.2, 0) is 0 Å². The van der Waals surface area contributed by atoms with Gasteiger partial charge in [-0.3, -0.25) is 0 Å². The topological polar surface area (TPSA) is 21.3 Å². The summed E-state index contributed by atoms with van der Waals surface area (Å²) in [6.45, 7) is 0. The molecule has 4 heteroatoms. The van der Waals surface area contributed by atoms with E-state index in [-0.39, 0.29) is 11.9 Å². The Kier molecular flexibility index (Phi) is 4.27. The normalized spacial score (nSPS) is 15.8. The molecule has 0 heterocycles. The van der Waals surface area contributed by atoms with Crippen molar-refractivity contribution in [3.05, 3.63) is 63.9 Å². The number of ether oxygens (including phenoxy) is 1. The lowest BCUT2D eigenvalue weighted by Gasteiger charge is -2.20. The summed E-state index contributed by atoms with van der Waals surface area (Å²) in [4.78, 5) is 0. The van der Waals surface area contributed by atoms with Crippen LogP contribution in [0.5, 0.6) is 5.75 Å². The second-order valence-corrected chi connectivity index (χ2v) is 6.10. The fourth-order valence-corrected chi connectivity index (χ4v) is 2.98. The standard InChI is InChI=1S/C17H17BrFNO/c1-20-17(16-14(18)6-3-7-15(16)19)11-4-2-5-13(10-11)21-12-8-9-12/h2-7,10,12,17,20H,8-9H2,1H3. The van der Waals surface area contributed by atoms with Crippen LogP contribution in [0.1, 0.15) is 30.0 Å². The molecule has 1 fully saturated rings. The first-order valence-corrected chi connectivity index (χ1v) is 7.86. The van der Waals surface area contributed by atoms with Gasteiger partial charge in [0.05, 0.1) is 12.1 Å². The first-order valence-electron chi connectivity index (χ1n) is 7.07. The Morgan fingerprint density at radius 2 is 2.00 bits per heavy atom. The summed E-state index contributed by atoms with van der Waals surface area (Å²) in [7, 11) is 1.83. The Morgan fingerprint density at radius 3 is 2.67 bits per heavy atom. The van der Waals surface area contributed by atoms with Gasteiger partial charge in [0.15, 0.2) is 0 Å². The van der Waals surface area contributed by atoms with E-state index in [1.807, 2.05) is 37.4 Å². The lowest BCUT2D eigenvalue weighted by molar-refractivity contribution is 0.302. The molecule has 21 heavy (non-hydrogen) atoms. The van der Waals surface area contributed by atoms with Crippen LogP contribution >= 0.6 is 15.9 Å². The molecule has 0 radical (unpaired) electrons. The van der Waals surface area contributed by atoms with Crippen molar-refractivity contribution in [1.29, 1.82) is 0 Å². The average Bonchev–Trinajstić information content (AvgIpc) is 3.27. The predicted molar refractivity (Wildman–Crippen MR) is 85.1 cm³/mol. The third-order valence-electron chi connectivity index (χ3n) is 3.60. The number of hydrogen-bond donors (Lipinski definition) is 1. The molecule has 1 N–H and O–H groups in total. The minimum Gasteiger partial charge on any atom is -0.490 e. The molecule has 110 valence electrons. The van der Waals surface area contributed by atoms with E-state index in [2.05, 4.69) is 21.2 Å². The molecule has 0 amide bonds. The fraction of sp³-hybridized carbons (Fsp3) is 0.294. The van der Waals surface area contributed by atoms with E-state index in [4.69, 9.17) is 4.74 Å². The van der Waals surface area contributed by atoms with Gasteiger partial charge < -0.3 is 10.1 Å². The van der Waals surface area contributed by atoms with Gasteiger partial charge in [-0.2, -0.15) is 0 Å². The van der Waals surface area contributed by atoms with Gasteiger partial charge in [0, 0.05) is 10.0 Å². The Bertz CT molecular complexity index is 622. The second-order valence-electron chi connectivity index (χ2n) is 5.25. The molecule has 2 nitrogen and oxygen atoms in total. The zero-order valence-electron chi connectivity index (χ0n) is 11.8. The van der Waals surface area contributed by atoms with Crippen molar-refractivity contribution in [2.45, 2.75) is 25.0 Å². The zero-order valence-corrected chi connectivity index (χ0v) is 13.4. The number of hydrogen-bond acceptors (Lipinski definition) is 2. The van der Waals surface area contributed by atoms with E-state index in [0.717, 1.165) is 28.6 Å². The number of nitrogens with one attached hydrogen (secondary N) is 1. The number of halogens is 2. The summed E-state index contributed by atoms with van der Waals surface area (Å²) in [6.07, 6.45) is 2.60. The van der Waals surface area contributed by atoms with E-state index in [1.54, 1.807) is 6.07 Å². The van der Waals surface area contributed by atoms with Crippen molar-refractivity contribution in [3.8, 4) is 5.75 Å². The smallest absolute Gasteiger partial charge is 0.129 e. The summed E-state index contributed by atoms with van der Waals surface area (Å²) in [5, 5.41) is 3.19. The van der Waals surface area contributed by atoms with Crippen LogP contribution in [0.25, 0.3) is 0 Å². The largest absolute Gasteiger partial charge is 0.490 e. The molecule has 0 aromatic heterocycles. The molecule has 1 atom stereocenters. The van der Waals surface area contributed by atoms with Crippen molar-refractivity contribution in [2.24, 2.45) is 0 Å². The molecule has 1 saturated carbocycles. The van der Waals surface area contributed by atoms with Gasteiger partial charge in [0.2, 0.25) is 0 Å². The molecule has 3 rings (SSSR count). The lowest BCUT2D eigenvalue weighted by atomic mass is 9.98. The molecule has 1 aliphatic carbocycles. The maximum atomic E-state index is 14.2. The maximum absolute atomic E-state index is 14.2. The van der Waals surface area contributed by atoms with Gasteiger partial charge >= 0.3 is 0 Å². The van der Waals surface area contributed by atoms with Gasteiger partial charge in [-0.1, -0.05) is 34.1 Å². The molecule has 0 spiro atoms. The van der Waals surface area contributed by atoms with Crippen molar-refractivity contribution >= 4 is 15.9 Å². The summed E-state index contributed by atoms with van der Waals surface area (Å²) in [5.74, 6) is 0.625. The van der Waals surface area contributed by atoms with E-state index in [0.29, 0.717) is 11.7 Å². The predicted octanol–water partition coefficient (Wildman–Crippen LogP) is 4.44. The van der Waals surface area contributed by atoms with Crippen molar-refractivity contribution in [2.75, 3.05) is 7.05 Å². The zero-order chi connectivity index (χ0) is 14.8. The minimum absolute atomic E-state index is 0.219. The van der Waals surface area contributed by atoms with Crippen LogP contribution in [-0.4, -0.2) is 13.2 Å². The van der Waals surface area contributed by atoms with E-state index in [9.17, 15) is 4.39 Å². The summed E-state index contributed by atoms with van der Waals surface area (Å²) in [5.41, 5.74) is 1.60. The second kappa shape index (κ2) is 6.16. The molecule has 0 bridgehead atoms. The van der Waals surface area contributed by atoms with Crippen LogP contribution < -0.4 is 10.1 Å². The van der Waals surface area contributed by atoms with E-state index >= 15 is 0 Å². The molecule has 1 unspecified atom stereocenters. The first kappa shape index (κ1) is 14.5. The fourth-order valence-electron chi connectivity index (χ4n) is 2.41. The van der Waals surface area contributed by atoms with Crippen molar-refractivity contribution in [1.82, 2.24) is 5.32 Å². The highest BCUT2D eigenvalue weighted by molar-refractivity contribution is 9.10. The molecule has 2 aromatic carbocycles. The molecule has 2 aromatic rings. The summed E-state index contributed by atoms with van der Waals surface area (Å²) < 4.78 is 20.8. The Hall–Kier alpha value is -1.39. The molecule has 0 aliphatic heterocycles. The first-order chi connectivity index (χ1) is 10.2. The van der Waals surface area contributed by atoms with E-state index in [1.165, 1.54) is 6.07 Å². The molecular weight excluding hydrogens is 333 g/mol. The highest BCUT2D eigenvalue weighted by Crippen LogP contribution is 2.33. The summed E-state index contributed by atoms with van der Waals surface area (Å²) >= 11 is 3.44. The molecule has 0 saturated heterocycles. The van der Waals surface area contributed by atoms with Crippen LogP contribution in [0.2, 0.25) is 0 Å².